The lowest BCUT2D eigenvalue weighted by Gasteiger charge is -2.13. The molecule has 0 aliphatic rings. The SMILES string of the molecule is COc1ccc(Nc2ccc(C(C)N)cc2C)cc1. The Morgan fingerprint density at radius 2 is 1.79 bits per heavy atom. The second-order valence-corrected chi connectivity index (χ2v) is 4.72. The molecule has 3 heteroatoms. The molecule has 2 aromatic carbocycles. The predicted octanol–water partition coefficient (Wildman–Crippen LogP) is 3.77. The Balaban J connectivity index is 2.18. The van der Waals surface area contributed by atoms with Crippen molar-refractivity contribution < 1.29 is 4.74 Å². The molecule has 0 fully saturated rings. The third-order valence-electron chi connectivity index (χ3n) is 3.15. The molecule has 2 rings (SSSR count). The average Bonchev–Trinajstić information content (AvgIpc) is 2.41. The Kier molecular flexibility index (Phi) is 4.07. The lowest BCUT2D eigenvalue weighted by molar-refractivity contribution is 0.415. The van der Waals surface area contributed by atoms with Crippen LogP contribution in [0.1, 0.15) is 24.1 Å². The third-order valence-corrected chi connectivity index (χ3v) is 3.15. The van der Waals surface area contributed by atoms with E-state index in [1.807, 2.05) is 31.2 Å². The first-order valence-electron chi connectivity index (χ1n) is 6.37. The van der Waals surface area contributed by atoms with Crippen LogP contribution in [0.2, 0.25) is 0 Å². The topological polar surface area (TPSA) is 47.3 Å². The van der Waals surface area contributed by atoms with Crippen LogP contribution in [0.25, 0.3) is 0 Å². The Morgan fingerprint density at radius 3 is 2.32 bits per heavy atom. The summed E-state index contributed by atoms with van der Waals surface area (Å²) in [6, 6.07) is 14.2. The molecule has 2 aromatic rings. The zero-order valence-electron chi connectivity index (χ0n) is 11.6. The van der Waals surface area contributed by atoms with Crippen LogP contribution in [-0.4, -0.2) is 7.11 Å². The summed E-state index contributed by atoms with van der Waals surface area (Å²) in [5, 5.41) is 3.39. The zero-order chi connectivity index (χ0) is 13.8. The summed E-state index contributed by atoms with van der Waals surface area (Å²) in [7, 11) is 1.67. The molecule has 0 spiro atoms. The first-order valence-corrected chi connectivity index (χ1v) is 6.37. The Bertz CT molecular complexity index is 547. The maximum absolute atomic E-state index is 5.88. The number of hydrogen-bond acceptors (Lipinski definition) is 3. The van der Waals surface area contributed by atoms with E-state index >= 15 is 0 Å². The van der Waals surface area contributed by atoms with E-state index in [1.54, 1.807) is 7.11 Å². The van der Waals surface area contributed by atoms with Gasteiger partial charge in [-0.3, -0.25) is 0 Å². The standard InChI is InChI=1S/C16H20N2O/c1-11-10-13(12(2)17)4-9-16(11)18-14-5-7-15(19-3)8-6-14/h4-10,12,18H,17H2,1-3H3. The Morgan fingerprint density at radius 1 is 1.11 bits per heavy atom. The maximum atomic E-state index is 5.88. The van der Waals surface area contributed by atoms with E-state index in [0.717, 1.165) is 22.7 Å². The molecule has 3 N–H and O–H groups in total. The molecule has 1 atom stereocenters. The van der Waals surface area contributed by atoms with Crippen molar-refractivity contribution >= 4 is 11.4 Å². The van der Waals surface area contributed by atoms with Crippen molar-refractivity contribution in [3.63, 3.8) is 0 Å². The molecule has 100 valence electrons. The van der Waals surface area contributed by atoms with Crippen molar-refractivity contribution in [3.05, 3.63) is 53.6 Å². The molecule has 0 heterocycles. The monoisotopic (exact) mass is 256 g/mol. The van der Waals surface area contributed by atoms with Gasteiger partial charge >= 0.3 is 0 Å². The van der Waals surface area contributed by atoms with E-state index in [1.165, 1.54) is 5.56 Å². The Labute approximate surface area is 114 Å². The van der Waals surface area contributed by atoms with Gasteiger partial charge in [-0.1, -0.05) is 12.1 Å². The zero-order valence-corrected chi connectivity index (χ0v) is 11.6. The summed E-state index contributed by atoms with van der Waals surface area (Å²) in [4.78, 5) is 0. The minimum atomic E-state index is 0.0636. The number of nitrogens with one attached hydrogen (secondary N) is 1. The van der Waals surface area contributed by atoms with Gasteiger partial charge in [0.15, 0.2) is 0 Å². The Hall–Kier alpha value is -2.00. The minimum absolute atomic E-state index is 0.0636. The lowest BCUT2D eigenvalue weighted by atomic mass is 10.0. The van der Waals surface area contributed by atoms with Gasteiger partial charge in [-0.15, -0.1) is 0 Å². The van der Waals surface area contributed by atoms with Gasteiger partial charge in [-0.25, -0.2) is 0 Å². The van der Waals surface area contributed by atoms with Crippen molar-refractivity contribution in [1.82, 2.24) is 0 Å². The van der Waals surface area contributed by atoms with Crippen LogP contribution in [0.5, 0.6) is 5.75 Å². The molecular weight excluding hydrogens is 236 g/mol. The first-order chi connectivity index (χ1) is 9.10. The summed E-state index contributed by atoms with van der Waals surface area (Å²) < 4.78 is 5.14. The quantitative estimate of drug-likeness (QED) is 0.875. The smallest absolute Gasteiger partial charge is 0.119 e. The van der Waals surface area contributed by atoms with Gasteiger partial charge in [-0.2, -0.15) is 0 Å². The fourth-order valence-corrected chi connectivity index (χ4v) is 1.94. The molecule has 0 radical (unpaired) electrons. The number of rotatable bonds is 4. The third kappa shape index (κ3) is 3.26. The van der Waals surface area contributed by atoms with Gasteiger partial charge in [0.2, 0.25) is 0 Å². The van der Waals surface area contributed by atoms with Gasteiger partial charge in [0, 0.05) is 17.4 Å². The highest BCUT2D eigenvalue weighted by Crippen LogP contribution is 2.24. The first kappa shape index (κ1) is 13.4. The highest BCUT2D eigenvalue weighted by molar-refractivity contribution is 5.64. The fourth-order valence-electron chi connectivity index (χ4n) is 1.94. The van der Waals surface area contributed by atoms with Gasteiger partial charge in [0.1, 0.15) is 5.75 Å². The number of methoxy groups -OCH3 is 1. The molecule has 0 aromatic heterocycles. The summed E-state index contributed by atoms with van der Waals surface area (Å²) >= 11 is 0. The van der Waals surface area contributed by atoms with Crippen molar-refractivity contribution in [2.75, 3.05) is 12.4 Å². The van der Waals surface area contributed by atoms with Crippen molar-refractivity contribution in [2.45, 2.75) is 19.9 Å². The number of hydrogen-bond donors (Lipinski definition) is 2. The van der Waals surface area contributed by atoms with Crippen molar-refractivity contribution in [2.24, 2.45) is 5.73 Å². The van der Waals surface area contributed by atoms with E-state index in [-0.39, 0.29) is 6.04 Å². The van der Waals surface area contributed by atoms with Gasteiger partial charge < -0.3 is 15.8 Å². The summed E-state index contributed by atoms with van der Waals surface area (Å²) in [6.07, 6.45) is 0. The summed E-state index contributed by atoms with van der Waals surface area (Å²) in [5.41, 5.74) is 10.4. The number of ether oxygens (including phenoxy) is 1. The predicted molar refractivity (Wildman–Crippen MR) is 80.1 cm³/mol. The highest BCUT2D eigenvalue weighted by atomic mass is 16.5. The number of aryl methyl sites for hydroxylation is 1. The average molecular weight is 256 g/mol. The van der Waals surface area contributed by atoms with Gasteiger partial charge in [0.05, 0.1) is 7.11 Å². The molecule has 0 amide bonds. The van der Waals surface area contributed by atoms with Crippen molar-refractivity contribution in [3.8, 4) is 5.75 Å². The fraction of sp³-hybridized carbons (Fsp3) is 0.250. The van der Waals surface area contributed by atoms with Crippen LogP contribution in [0.3, 0.4) is 0 Å². The number of benzene rings is 2. The normalized spacial score (nSPS) is 12.0. The van der Waals surface area contributed by atoms with Gasteiger partial charge in [0.25, 0.3) is 0 Å². The van der Waals surface area contributed by atoms with Crippen LogP contribution in [0.15, 0.2) is 42.5 Å². The molecule has 0 saturated heterocycles. The molecule has 19 heavy (non-hydrogen) atoms. The second-order valence-electron chi connectivity index (χ2n) is 4.72. The summed E-state index contributed by atoms with van der Waals surface area (Å²) in [6.45, 7) is 4.07. The van der Waals surface area contributed by atoms with Crippen molar-refractivity contribution in [1.29, 1.82) is 0 Å². The van der Waals surface area contributed by atoms with E-state index in [9.17, 15) is 0 Å². The van der Waals surface area contributed by atoms with Crippen LogP contribution in [0, 0.1) is 6.92 Å². The minimum Gasteiger partial charge on any atom is -0.497 e. The van der Waals surface area contributed by atoms with E-state index in [2.05, 4.69) is 30.4 Å². The molecule has 0 aliphatic heterocycles. The highest BCUT2D eigenvalue weighted by Gasteiger charge is 2.04. The molecule has 3 nitrogen and oxygen atoms in total. The van der Waals surface area contributed by atoms with E-state index in [0.29, 0.717) is 0 Å². The molecule has 1 unspecified atom stereocenters. The van der Waals surface area contributed by atoms with Crippen LogP contribution >= 0.6 is 0 Å². The van der Waals surface area contributed by atoms with E-state index < -0.39 is 0 Å². The number of nitrogens with two attached hydrogens (primary N) is 1. The van der Waals surface area contributed by atoms with Crippen LogP contribution < -0.4 is 15.8 Å². The van der Waals surface area contributed by atoms with E-state index in [4.69, 9.17) is 10.5 Å². The molecular formula is C16H20N2O. The number of anilines is 2. The summed E-state index contributed by atoms with van der Waals surface area (Å²) in [5.74, 6) is 0.856. The molecule has 0 aliphatic carbocycles. The maximum Gasteiger partial charge on any atom is 0.119 e. The second kappa shape index (κ2) is 5.76. The largest absolute Gasteiger partial charge is 0.497 e. The molecule has 0 saturated carbocycles. The lowest BCUT2D eigenvalue weighted by Crippen LogP contribution is -2.05. The molecule has 0 bridgehead atoms. The van der Waals surface area contributed by atoms with Gasteiger partial charge in [-0.05, 0) is 55.3 Å². The van der Waals surface area contributed by atoms with Crippen LogP contribution in [0.4, 0.5) is 11.4 Å². The van der Waals surface area contributed by atoms with Crippen LogP contribution in [-0.2, 0) is 0 Å².